The third kappa shape index (κ3) is 3.89. The number of methoxy groups -OCH3 is 1. The van der Waals surface area contributed by atoms with Crippen molar-refractivity contribution in [2.24, 2.45) is 0 Å². The largest absolute Gasteiger partial charge is 0.464 e. The number of fused-ring (bicyclic) bond motifs is 1. The highest BCUT2D eigenvalue weighted by Gasteiger charge is 2.16. The van der Waals surface area contributed by atoms with Crippen LogP contribution in [0.25, 0.3) is 10.2 Å². The summed E-state index contributed by atoms with van der Waals surface area (Å²) in [6.45, 7) is 1.90. The molecule has 0 aliphatic carbocycles. The van der Waals surface area contributed by atoms with Gasteiger partial charge in [-0.25, -0.2) is 14.8 Å². The molecule has 0 fully saturated rings. The lowest BCUT2D eigenvalue weighted by atomic mass is 10.1. The molecule has 0 unspecified atom stereocenters. The van der Waals surface area contributed by atoms with E-state index in [9.17, 15) is 4.79 Å². The molecule has 0 saturated heterocycles. The smallest absolute Gasteiger partial charge is 0.356 e. The van der Waals surface area contributed by atoms with Crippen molar-refractivity contribution in [3.05, 3.63) is 63.9 Å². The summed E-state index contributed by atoms with van der Waals surface area (Å²) in [6.07, 6.45) is 6.06. The molecule has 0 N–H and O–H groups in total. The van der Waals surface area contributed by atoms with Crippen molar-refractivity contribution in [1.82, 2.24) is 9.97 Å². The van der Waals surface area contributed by atoms with Crippen LogP contribution in [0.4, 0.5) is 5.13 Å². The number of ether oxygens (including phenoxy) is 1. The maximum Gasteiger partial charge on any atom is 0.356 e. The Labute approximate surface area is 169 Å². The first kappa shape index (κ1) is 18.1. The quantitative estimate of drug-likeness (QED) is 0.435. The Morgan fingerprint density at radius 1 is 1.30 bits per heavy atom. The van der Waals surface area contributed by atoms with Crippen molar-refractivity contribution in [2.75, 3.05) is 25.1 Å². The number of halogens is 1. The molecular formula is C20H18BrN3O2S. The lowest BCUT2D eigenvalue weighted by Gasteiger charge is -2.22. The number of aromatic nitrogens is 2. The third-order valence-electron chi connectivity index (χ3n) is 4.43. The molecule has 0 radical (unpaired) electrons. The van der Waals surface area contributed by atoms with Gasteiger partial charge in [0.25, 0.3) is 0 Å². The predicted octanol–water partition coefficient (Wildman–Crippen LogP) is 4.60. The summed E-state index contributed by atoms with van der Waals surface area (Å²) in [7, 11) is 1.36. The number of rotatable bonds is 4. The Balaban J connectivity index is 1.70. The number of esters is 1. The predicted molar refractivity (Wildman–Crippen MR) is 112 cm³/mol. The van der Waals surface area contributed by atoms with Gasteiger partial charge >= 0.3 is 5.97 Å². The van der Waals surface area contributed by atoms with E-state index in [1.54, 1.807) is 17.4 Å². The van der Waals surface area contributed by atoms with Gasteiger partial charge in [0.2, 0.25) is 0 Å². The molecule has 0 atom stereocenters. The molecule has 0 spiro atoms. The number of pyridine rings is 1. The van der Waals surface area contributed by atoms with E-state index >= 15 is 0 Å². The van der Waals surface area contributed by atoms with Crippen molar-refractivity contribution in [3.8, 4) is 0 Å². The number of nitrogens with zero attached hydrogens (tertiary/aromatic N) is 3. The van der Waals surface area contributed by atoms with Gasteiger partial charge in [-0.1, -0.05) is 45.5 Å². The van der Waals surface area contributed by atoms with Crippen LogP contribution in [0.5, 0.6) is 0 Å². The van der Waals surface area contributed by atoms with Gasteiger partial charge in [-0.2, -0.15) is 0 Å². The van der Waals surface area contributed by atoms with Crippen LogP contribution >= 0.6 is 27.3 Å². The molecule has 5 nitrogen and oxygen atoms in total. The van der Waals surface area contributed by atoms with E-state index in [4.69, 9.17) is 9.72 Å². The first-order chi connectivity index (χ1) is 13.1. The highest BCUT2D eigenvalue weighted by molar-refractivity contribution is 9.10. The topological polar surface area (TPSA) is 55.3 Å². The van der Waals surface area contributed by atoms with Gasteiger partial charge in [0.15, 0.2) is 5.13 Å². The Kier molecular flexibility index (Phi) is 5.22. The Morgan fingerprint density at radius 2 is 2.19 bits per heavy atom. The van der Waals surface area contributed by atoms with Gasteiger partial charge in [-0.15, -0.1) is 0 Å². The Morgan fingerprint density at radius 3 is 2.96 bits per heavy atom. The number of carbonyl (C=O) groups excluding carboxylic acids is 1. The first-order valence-corrected chi connectivity index (χ1v) is 10.3. The van der Waals surface area contributed by atoms with E-state index in [1.165, 1.54) is 7.11 Å². The maximum absolute atomic E-state index is 11.7. The molecule has 1 aliphatic rings. The lowest BCUT2D eigenvalue weighted by molar-refractivity contribution is 0.0593. The minimum Gasteiger partial charge on any atom is -0.464 e. The Hall–Kier alpha value is -2.25. The van der Waals surface area contributed by atoms with Crippen molar-refractivity contribution in [2.45, 2.75) is 12.8 Å². The lowest BCUT2D eigenvalue weighted by Crippen LogP contribution is -2.26. The van der Waals surface area contributed by atoms with Gasteiger partial charge in [0.05, 0.1) is 17.3 Å². The number of hydrogen-bond donors (Lipinski definition) is 0. The number of thiazole rings is 1. The molecule has 0 amide bonds. The molecule has 3 heterocycles. The average Bonchev–Trinajstić information content (AvgIpc) is 3.12. The molecule has 27 heavy (non-hydrogen) atoms. The van der Waals surface area contributed by atoms with Crippen molar-refractivity contribution in [3.63, 3.8) is 0 Å². The second-order valence-corrected chi connectivity index (χ2v) is 8.22. The van der Waals surface area contributed by atoms with Gasteiger partial charge in [0.1, 0.15) is 5.69 Å². The van der Waals surface area contributed by atoms with Crippen LogP contribution in [0.15, 0.2) is 47.0 Å². The zero-order chi connectivity index (χ0) is 18.8. The van der Waals surface area contributed by atoms with E-state index in [-0.39, 0.29) is 0 Å². The molecule has 138 valence electrons. The van der Waals surface area contributed by atoms with E-state index in [0.717, 1.165) is 50.6 Å². The summed E-state index contributed by atoms with van der Waals surface area (Å²) in [4.78, 5) is 23.4. The fraction of sp³-hybridized carbons (Fsp3) is 0.250. The third-order valence-corrected chi connectivity index (χ3v) is 5.95. The first-order valence-electron chi connectivity index (χ1n) is 8.67. The summed E-state index contributed by atoms with van der Waals surface area (Å²) >= 11 is 5.32. The van der Waals surface area contributed by atoms with E-state index in [2.05, 4.69) is 50.1 Å². The molecule has 2 aromatic heterocycles. The van der Waals surface area contributed by atoms with Crippen LogP contribution in [0.3, 0.4) is 0 Å². The van der Waals surface area contributed by atoms with Crippen molar-refractivity contribution in [1.29, 1.82) is 0 Å². The van der Waals surface area contributed by atoms with Crippen molar-refractivity contribution >= 4 is 48.6 Å². The van der Waals surface area contributed by atoms with Crippen LogP contribution in [-0.4, -0.2) is 36.1 Å². The minimum atomic E-state index is -0.426. The van der Waals surface area contributed by atoms with Crippen LogP contribution in [-0.2, 0) is 11.2 Å². The van der Waals surface area contributed by atoms with Crippen LogP contribution in [0, 0.1) is 0 Å². The summed E-state index contributed by atoms with van der Waals surface area (Å²) in [6, 6.07) is 9.60. The van der Waals surface area contributed by atoms with Crippen LogP contribution < -0.4 is 4.90 Å². The number of carbonyl (C=O) groups is 1. The summed E-state index contributed by atoms with van der Waals surface area (Å²) in [5.41, 5.74) is 3.22. The van der Waals surface area contributed by atoms with Gasteiger partial charge in [0, 0.05) is 29.7 Å². The molecule has 0 bridgehead atoms. The molecular weight excluding hydrogens is 426 g/mol. The van der Waals surface area contributed by atoms with E-state index in [1.807, 2.05) is 12.1 Å². The molecule has 0 saturated carbocycles. The fourth-order valence-electron chi connectivity index (χ4n) is 3.13. The highest BCUT2D eigenvalue weighted by atomic mass is 79.9. The number of anilines is 1. The van der Waals surface area contributed by atoms with Gasteiger partial charge in [-0.3, -0.25) is 0 Å². The van der Waals surface area contributed by atoms with Crippen LogP contribution in [0.1, 0.15) is 28.2 Å². The average molecular weight is 444 g/mol. The summed E-state index contributed by atoms with van der Waals surface area (Å²) < 4.78 is 6.93. The van der Waals surface area contributed by atoms with E-state index < -0.39 is 5.97 Å². The summed E-state index contributed by atoms with van der Waals surface area (Å²) in [5, 5.41) is 1.05. The van der Waals surface area contributed by atoms with Crippen LogP contribution in [0.2, 0.25) is 0 Å². The van der Waals surface area contributed by atoms with Gasteiger partial charge < -0.3 is 9.64 Å². The molecule has 7 heteroatoms. The molecule has 3 aromatic rings. The zero-order valence-electron chi connectivity index (χ0n) is 14.8. The van der Waals surface area contributed by atoms with E-state index in [0.29, 0.717) is 12.1 Å². The molecule has 4 rings (SSSR count). The second kappa shape index (κ2) is 7.78. The highest BCUT2D eigenvalue weighted by Crippen LogP contribution is 2.34. The maximum atomic E-state index is 11.7. The van der Waals surface area contributed by atoms with Gasteiger partial charge in [-0.05, 0) is 36.2 Å². The number of benzene rings is 1. The standard InChI is InChI=1S/C20H18BrN3O2S/c1-26-19(25)16-7-5-6-15(22-16)11-13-10-14(21)12-17-18(13)23-20(27-17)24-8-3-2-4-9-24/h2-3,5-7,10,12H,4,8-9,11H2,1H3. The normalized spacial score (nSPS) is 13.9. The summed E-state index contributed by atoms with van der Waals surface area (Å²) in [5.74, 6) is -0.426. The minimum absolute atomic E-state index is 0.320. The SMILES string of the molecule is COC(=O)c1cccc(Cc2cc(Br)cc3sc(N4CC=CCC4)nc23)n1. The monoisotopic (exact) mass is 443 g/mol. The fourth-order valence-corrected chi connectivity index (χ4v) is 4.87. The Bertz CT molecular complexity index is 1030. The molecule has 1 aromatic carbocycles. The zero-order valence-corrected chi connectivity index (χ0v) is 17.2. The second-order valence-electron chi connectivity index (χ2n) is 6.30. The number of hydrogen-bond acceptors (Lipinski definition) is 6. The molecule has 1 aliphatic heterocycles. The van der Waals surface area contributed by atoms with Crippen molar-refractivity contribution < 1.29 is 9.53 Å².